The minimum atomic E-state index is -0.153. The highest BCUT2D eigenvalue weighted by Crippen LogP contribution is 1.90. The normalized spacial score (nSPS) is 9.42. The van der Waals surface area contributed by atoms with Crippen molar-refractivity contribution < 1.29 is 14.3 Å². The maximum atomic E-state index is 10.8. The van der Waals surface area contributed by atoms with E-state index in [1.54, 1.807) is 6.08 Å². The van der Waals surface area contributed by atoms with E-state index in [4.69, 9.17) is 9.47 Å². The second kappa shape index (κ2) is 8.27. The zero-order valence-electron chi connectivity index (χ0n) is 7.54. The van der Waals surface area contributed by atoms with Gasteiger partial charge in [-0.2, -0.15) is 0 Å². The third-order valence-electron chi connectivity index (χ3n) is 1.18. The van der Waals surface area contributed by atoms with Gasteiger partial charge in [0.25, 0.3) is 0 Å². The van der Waals surface area contributed by atoms with Gasteiger partial charge in [-0.15, -0.1) is 6.58 Å². The minimum absolute atomic E-state index is 0.153. The van der Waals surface area contributed by atoms with E-state index in [1.165, 1.54) is 0 Å². The molecule has 0 aromatic rings. The Bertz CT molecular complexity index is 132. The molecule has 0 fully saturated rings. The Balaban J connectivity index is 3.08. The van der Waals surface area contributed by atoms with E-state index in [9.17, 15) is 4.79 Å². The highest BCUT2D eigenvalue weighted by Gasteiger charge is 1.98. The molecule has 0 heterocycles. The highest BCUT2D eigenvalue weighted by molar-refractivity contribution is 5.69. The van der Waals surface area contributed by atoms with Crippen LogP contribution < -0.4 is 0 Å². The van der Waals surface area contributed by atoms with Gasteiger partial charge >= 0.3 is 5.97 Å². The summed E-state index contributed by atoms with van der Waals surface area (Å²) in [5, 5.41) is 0. The summed E-state index contributed by atoms with van der Waals surface area (Å²) in [6.45, 7) is 6.72. The Labute approximate surface area is 73.4 Å². The van der Waals surface area contributed by atoms with Crippen molar-refractivity contribution in [3.63, 3.8) is 0 Å². The van der Waals surface area contributed by atoms with Crippen LogP contribution in [-0.4, -0.2) is 25.8 Å². The van der Waals surface area contributed by atoms with Crippen molar-refractivity contribution in [1.82, 2.24) is 0 Å². The van der Waals surface area contributed by atoms with E-state index in [0.29, 0.717) is 26.2 Å². The molecule has 0 aliphatic heterocycles. The second-order valence-electron chi connectivity index (χ2n) is 2.33. The number of carbonyl (C=O) groups is 1. The summed E-state index contributed by atoms with van der Waals surface area (Å²) in [5.74, 6) is -0.153. The molecule has 0 N–H and O–H groups in total. The van der Waals surface area contributed by atoms with Gasteiger partial charge in [0.15, 0.2) is 0 Å². The molecule has 0 atom stereocenters. The van der Waals surface area contributed by atoms with Crippen molar-refractivity contribution >= 4 is 5.97 Å². The molecule has 0 radical (unpaired) electrons. The Hall–Kier alpha value is -0.830. The van der Waals surface area contributed by atoms with Gasteiger partial charge in [0.05, 0.1) is 13.2 Å². The molecule has 12 heavy (non-hydrogen) atoms. The van der Waals surface area contributed by atoms with Gasteiger partial charge in [0.2, 0.25) is 0 Å². The van der Waals surface area contributed by atoms with Crippen LogP contribution in [0.4, 0.5) is 0 Å². The van der Waals surface area contributed by atoms with Gasteiger partial charge in [0, 0.05) is 6.42 Å². The van der Waals surface area contributed by atoms with Crippen molar-refractivity contribution in [2.45, 2.75) is 19.8 Å². The van der Waals surface area contributed by atoms with Crippen molar-refractivity contribution in [1.29, 1.82) is 0 Å². The lowest BCUT2D eigenvalue weighted by molar-refractivity contribution is -0.145. The van der Waals surface area contributed by atoms with E-state index in [1.807, 2.05) is 6.92 Å². The van der Waals surface area contributed by atoms with Crippen LogP contribution in [0.15, 0.2) is 12.7 Å². The van der Waals surface area contributed by atoms with Crippen LogP contribution in [0.3, 0.4) is 0 Å². The minimum Gasteiger partial charge on any atom is -0.463 e. The second-order valence-corrected chi connectivity index (χ2v) is 2.33. The predicted octanol–water partition coefficient (Wildman–Crippen LogP) is 1.53. The van der Waals surface area contributed by atoms with Crippen LogP contribution in [0.2, 0.25) is 0 Å². The van der Waals surface area contributed by atoms with E-state index in [2.05, 4.69) is 6.58 Å². The van der Waals surface area contributed by atoms with Gasteiger partial charge in [-0.05, 0) is 6.42 Å². The lowest BCUT2D eigenvalue weighted by Crippen LogP contribution is -2.09. The summed E-state index contributed by atoms with van der Waals surface area (Å²) >= 11 is 0. The average molecular weight is 172 g/mol. The van der Waals surface area contributed by atoms with E-state index in [-0.39, 0.29) is 5.97 Å². The first-order valence-corrected chi connectivity index (χ1v) is 4.15. The lowest BCUT2D eigenvalue weighted by Gasteiger charge is -2.03. The van der Waals surface area contributed by atoms with Gasteiger partial charge < -0.3 is 9.47 Å². The molecule has 3 heteroatoms. The Morgan fingerprint density at radius 3 is 2.83 bits per heavy atom. The third kappa shape index (κ3) is 7.28. The molecular weight excluding hydrogens is 156 g/mol. The first kappa shape index (κ1) is 11.2. The molecule has 0 spiro atoms. The summed E-state index contributed by atoms with van der Waals surface area (Å²) < 4.78 is 9.85. The molecule has 0 aliphatic carbocycles. The van der Waals surface area contributed by atoms with Crippen LogP contribution in [0.25, 0.3) is 0 Å². The smallest absolute Gasteiger partial charge is 0.305 e. The fourth-order valence-electron chi connectivity index (χ4n) is 0.657. The topological polar surface area (TPSA) is 35.5 Å². The maximum Gasteiger partial charge on any atom is 0.305 e. The number of ether oxygens (including phenoxy) is 2. The average Bonchev–Trinajstić information content (AvgIpc) is 2.05. The monoisotopic (exact) mass is 172 g/mol. The molecule has 70 valence electrons. The number of esters is 1. The summed E-state index contributed by atoms with van der Waals surface area (Å²) in [5.41, 5.74) is 0. The maximum absolute atomic E-state index is 10.8. The van der Waals surface area contributed by atoms with Crippen molar-refractivity contribution in [2.24, 2.45) is 0 Å². The zero-order valence-corrected chi connectivity index (χ0v) is 7.54. The quantitative estimate of drug-likeness (QED) is 0.332. The molecule has 0 aromatic heterocycles. The molecule has 0 bridgehead atoms. The summed E-state index contributed by atoms with van der Waals surface area (Å²) in [4.78, 5) is 10.8. The Morgan fingerprint density at radius 2 is 2.25 bits per heavy atom. The fraction of sp³-hybridized carbons (Fsp3) is 0.667. The van der Waals surface area contributed by atoms with Crippen LogP contribution in [0.5, 0.6) is 0 Å². The number of hydrogen-bond acceptors (Lipinski definition) is 3. The van der Waals surface area contributed by atoms with Crippen molar-refractivity contribution in [3.8, 4) is 0 Å². The zero-order chi connectivity index (χ0) is 9.23. The molecular formula is C9H16O3. The molecule has 0 aliphatic rings. The Morgan fingerprint density at radius 1 is 1.50 bits per heavy atom. The van der Waals surface area contributed by atoms with E-state index >= 15 is 0 Å². The number of carbonyl (C=O) groups excluding carboxylic acids is 1. The number of hydrogen-bond donors (Lipinski definition) is 0. The first-order chi connectivity index (χ1) is 5.81. The lowest BCUT2D eigenvalue weighted by atomic mass is 10.3. The van der Waals surface area contributed by atoms with Crippen LogP contribution in [0.1, 0.15) is 19.8 Å². The summed E-state index contributed by atoms with van der Waals surface area (Å²) in [6.07, 6.45) is 2.97. The summed E-state index contributed by atoms with van der Waals surface area (Å²) in [6, 6.07) is 0. The van der Waals surface area contributed by atoms with Crippen LogP contribution in [0, 0.1) is 0 Å². The molecule has 3 nitrogen and oxygen atoms in total. The fourth-order valence-corrected chi connectivity index (χ4v) is 0.657. The first-order valence-electron chi connectivity index (χ1n) is 4.15. The third-order valence-corrected chi connectivity index (χ3v) is 1.18. The van der Waals surface area contributed by atoms with Crippen LogP contribution >= 0.6 is 0 Å². The van der Waals surface area contributed by atoms with Gasteiger partial charge in [-0.3, -0.25) is 4.79 Å². The molecule has 0 amide bonds. The van der Waals surface area contributed by atoms with Gasteiger partial charge in [-0.1, -0.05) is 13.0 Å². The van der Waals surface area contributed by atoms with Crippen LogP contribution in [-0.2, 0) is 14.3 Å². The predicted molar refractivity (Wildman–Crippen MR) is 46.9 cm³/mol. The highest BCUT2D eigenvalue weighted by atomic mass is 16.6. The summed E-state index contributed by atoms with van der Waals surface area (Å²) in [7, 11) is 0. The molecule has 0 unspecified atom stereocenters. The molecule has 0 saturated heterocycles. The van der Waals surface area contributed by atoms with E-state index in [0.717, 1.165) is 6.42 Å². The molecule has 0 rings (SSSR count). The molecule has 0 saturated carbocycles. The SMILES string of the molecule is C=CCOCCOC(=O)CCC. The van der Waals surface area contributed by atoms with Gasteiger partial charge in [0.1, 0.15) is 6.61 Å². The number of rotatable bonds is 7. The van der Waals surface area contributed by atoms with E-state index < -0.39 is 0 Å². The van der Waals surface area contributed by atoms with Crippen molar-refractivity contribution in [3.05, 3.63) is 12.7 Å². The Kier molecular flexibility index (Phi) is 7.70. The standard InChI is InChI=1S/C9H16O3/c1-3-5-9(10)12-8-7-11-6-4-2/h4H,2-3,5-8H2,1H3. The van der Waals surface area contributed by atoms with Crippen molar-refractivity contribution in [2.75, 3.05) is 19.8 Å². The van der Waals surface area contributed by atoms with Gasteiger partial charge in [-0.25, -0.2) is 0 Å². The molecule has 0 aromatic carbocycles. The largest absolute Gasteiger partial charge is 0.463 e.